The van der Waals surface area contributed by atoms with E-state index in [-0.39, 0.29) is 11.9 Å². The van der Waals surface area contributed by atoms with E-state index in [0.717, 1.165) is 60.2 Å². The highest BCUT2D eigenvalue weighted by Gasteiger charge is 2.25. The normalized spacial score (nSPS) is 16.0. The van der Waals surface area contributed by atoms with Gasteiger partial charge in [-0.3, -0.25) is 9.69 Å². The fourth-order valence-electron chi connectivity index (χ4n) is 4.11. The zero-order valence-corrected chi connectivity index (χ0v) is 18.6. The third-order valence-electron chi connectivity index (χ3n) is 6.29. The minimum absolute atomic E-state index is 0.0889. The van der Waals surface area contributed by atoms with Crippen LogP contribution in [0.1, 0.15) is 24.6 Å². The molecular formula is C23H27N7O2. The number of piperazine rings is 1. The van der Waals surface area contributed by atoms with Gasteiger partial charge in [0.2, 0.25) is 5.91 Å². The average molecular weight is 434 g/mol. The Hall–Kier alpha value is -3.46. The van der Waals surface area contributed by atoms with Crippen molar-refractivity contribution in [3.63, 3.8) is 0 Å². The molecular weight excluding hydrogens is 406 g/mol. The highest BCUT2D eigenvalue weighted by molar-refractivity contribution is 5.80. The number of para-hydroxylation sites is 1. The predicted molar refractivity (Wildman–Crippen MR) is 122 cm³/mol. The monoisotopic (exact) mass is 433 g/mol. The maximum Gasteiger partial charge on any atom is 0.237 e. The third-order valence-corrected chi connectivity index (χ3v) is 6.29. The van der Waals surface area contributed by atoms with Crippen molar-refractivity contribution in [1.29, 1.82) is 0 Å². The first-order valence-electron chi connectivity index (χ1n) is 10.9. The van der Waals surface area contributed by atoms with Crippen LogP contribution in [0.25, 0.3) is 16.6 Å². The van der Waals surface area contributed by atoms with Crippen molar-refractivity contribution in [2.45, 2.75) is 19.9 Å². The summed E-state index contributed by atoms with van der Waals surface area (Å²) in [6.45, 7) is 7.53. The minimum atomic E-state index is -0.126. The molecule has 4 aromatic rings. The van der Waals surface area contributed by atoms with Crippen LogP contribution in [0.3, 0.4) is 0 Å². The number of anilines is 1. The molecule has 1 fully saturated rings. The second-order valence-corrected chi connectivity index (χ2v) is 8.34. The summed E-state index contributed by atoms with van der Waals surface area (Å²) in [7, 11) is 1.84. The van der Waals surface area contributed by atoms with Gasteiger partial charge in [0.25, 0.3) is 0 Å². The number of benzene rings is 1. The highest BCUT2D eigenvalue weighted by Crippen LogP contribution is 2.26. The van der Waals surface area contributed by atoms with E-state index in [1.54, 1.807) is 9.42 Å². The lowest BCUT2D eigenvalue weighted by Gasteiger charge is -2.36. The van der Waals surface area contributed by atoms with Gasteiger partial charge in [0.15, 0.2) is 11.5 Å². The molecule has 166 valence electrons. The van der Waals surface area contributed by atoms with Crippen molar-refractivity contribution in [3.8, 4) is 0 Å². The van der Waals surface area contributed by atoms with Crippen LogP contribution < -0.4 is 4.90 Å². The van der Waals surface area contributed by atoms with E-state index in [2.05, 4.69) is 25.1 Å². The number of rotatable bonds is 5. The highest BCUT2D eigenvalue weighted by atomic mass is 16.3. The number of aromatic nitrogens is 4. The van der Waals surface area contributed by atoms with Crippen LogP contribution in [0, 0.1) is 6.92 Å². The van der Waals surface area contributed by atoms with Gasteiger partial charge in [0.1, 0.15) is 17.2 Å². The Balaban J connectivity index is 1.18. The van der Waals surface area contributed by atoms with Crippen molar-refractivity contribution in [2.75, 3.05) is 44.7 Å². The molecule has 0 bridgehead atoms. The van der Waals surface area contributed by atoms with Gasteiger partial charge in [-0.1, -0.05) is 18.2 Å². The summed E-state index contributed by atoms with van der Waals surface area (Å²) in [6.07, 6.45) is 0. The largest absolute Gasteiger partial charge is 0.459 e. The molecule has 1 aliphatic rings. The number of hydrogen-bond acceptors (Lipinski definition) is 7. The molecule has 9 heteroatoms. The number of hydrogen-bond donors (Lipinski definition) is 0. The number of carbonyl (C=O) groups is 1. The third kappa shape index (κ3) is 3.80. The van der Waals surface area contributed by atoms with Gasteiger partial charge in [0, 0.05) is 38.6 Å². The maximum atomic E-state index is 12.9. The molecule has 0 N–H and O–H groups in total. The standard InChI is InChI=1S/C23H27N7O2/c1-16(20-14-18-6-4-5-7-19(18)32-20)27(3)23(31)15-28-10-12-29(13-11-28)22-9-8-21-25-24-17(2)30(21)26-22/h4-9,14,16H,10-13,15H2,1-3H3. The molecule has 9 nitrogen and oxygen atoms in total. The Bertz CT molecular complexity index is 1220. The summed E-state index contributed by atoms with van der Waals surface area (Å²) >= 11 is 0. The summed E-state index contributed by atoms with van der Waals surface area (Å²) in [4.78, 5) is 19.2. The van der Waals surface area contributed by atoms with E-state index in [4.69, 9.17) is 4.42 Å². The van der Waals surface area contributed by atoms with Gasteiger partial charge >= 0.3 is 0 Å². The van der Waals surface area contributed by atoms with E-state index in [0.29, 0.717) is 6.54 Å². The molecule has 0 radical (unpaired) electrons. The zero-order valence-electron chi connectivity index (χ0n) is 18.6. The number of furan rings is 1. The van der Waals surface area contributed by atoms with Gasteiger partial charge in [-0.2, -0.15) is 4.52 Å². The fourth-order valence-corrected chi connectivity index (χ4v) is 4.11. The number of likely N-dealkylation sites (N-methyl/N-ethyl adjacent to an activating group) is 1. The molecule has 1 aliphatic heterocycles. The fraction of sp³-hybridized carbons (Fsp3) is 0.391. The Morgan fingerprint density at radius 2 is 1.91 bits per heavy atom. The molecule has 0 spiro atoms. The Morgan fingerprint density at radius 1 is 1.12 bits per heavy atom. The number of fused-ring (bicyclic) bond motifs is 2. The lowest BCUT2D eigenvalue weighted by Crippen LogP contribution is -2.50. The number of carbonyl (C=O) groups excluding carboxylic acids is 1. The topological polar surface area (TPSA) is 83.0 Å². The molecule has 1 amide bonds. The number of aryl methyl sites for hydroxylation is 1. The van der Waals surface area contributed by atoms with E-state index in [1.807, 2.05) is 63.4 Å². The summed E-state index contributed by atoms with van der Waals surface area (Å²) in [5.74, 6) is 2.57. The van der Waals surface area contributed by atoms with Crippen LogP contribution in [-0.2, 0) is 4.79 Å². The van der Waals surface area contributed by atoms with E-state index < -0.39 is 0 Å². The van der Waals surface area contributed by atoms with Crippen LogP contribution in [-0.4, -0.2) is 75.3 Å². The lowest BCUT2D eigenvalue weighted by molar-refractivity contribution is -0.133. The second kappa shape index (κ2) is 8.23. The van der Waals surface area contributed by atoms with Gasteiger partial charge in [0.05, 0.1) is 12.6 Å². The number of amides is 1. The van der Waals surface area contributed by atoms with E-state index >= 15 is 0 Å². The molecule has 0 aliphatic carbocycles. The van der Waals surface area contributed by atoms with Gasteiger partial charge in [-0.05, 0) is 38.1 Å². The lowest BCUT2D eigenvalue weighted by atomic mass is 10.2. The number of nitrogens with zero attached hydrogens (tertiary/aromatic N) is 7. The van der Waals surface area contributed by atoms with Crippen LogP contribution >= 0.6 is 0 Å². The zero-order chi connectivity index (χ0) is 22.2. The van der Waals surface area contributed by atoms with Crippen LogP contribution in [0.15, 0.2) is 46.9 Å². The summed E-state index contributed by atoms with van der Waals surface area (Å²) in [5, 5.41) is 13.9. The molecule has 1 atom stereocenters. The molecule has 1 aromatic carbocycles. The molecule has 1 saturated heterocycles. The van der Waals surface area contributed by atoms with Crippen molar-refractivity contribution in [3.05, 3.63) is 54.0 Å². The molecule has 1 unspecified atom stereocenters. The first kappa shape index (κ1) is 20.4. The smallest absolute Gasteiger partial charge is 0.237 e. The Labute approximate surface area is 186 Å². The first-order valence-corrected chi connectivity index (χ1v) is 10.9. The Kier molecular flexibility index (Phi) is 5.26. The summed E-state index contributed by atoms with van der Waals surface area (Å²) in [5.41, 5.74) is 1.59. The van der Waals surface area contributed by atoms with Crippen LogP contribution in [0.5, 0.6) is 0 Å². The quantitative estimate of drug-likeness (QED) is 0.478. The molecule has 0 saturated carbocycles. The van der Waals surface area contributed by atoms with Gasteiger partial charge < -0.3 is 14.2 Å². The van der Waals surface area contributed by atoms with Crippen molar-refractivity contribution in [1.82, 2.24) is 29.6 Å². The second-order valence-electron chi connectivity index (χ2n) is 8.34. The summed E-state index contributed by atoms with van der Waals surface area (Å²) in [6, 6.07) is 13.7. The van der Waals surface area contributed by atoms with Gasteiger partial charge in [-0.25, -0.2) is 0 Å². The SMILES string of the molecule is Cc1nnc2ccc(N3CCN(CC(=O)N(C)C(C)c4cc5ccccc5o4)CC3)nn12. The van der Waals surface area contributed by atoms with Crippen LogP contribution in [0.4, 0.5) is 5.82 Å². The molecule has 4 heterocycles. The molecule has 5 rings (SSSR count). The minimum Gasteiger partial charge on any atom is -0.459 e. The first-order chi connectivity index (χ1) is 15.5. The molecule has 32 heavy (non-hydrogen) atoms. The van der Waals surface area contributed by atoms with E-state index in [9.17, 15) is 4.79 Å². The van der Waals surface area contributed by atoms with Crippen molar-refractivity contribution < 1.29 is 9.21 Å². The average Bonchev–Trinajstić information content (AvgIpc) is 3.42. The van der Waals surface area contributed by atoms with Crippen LogP contribution in [0.2, 0.25) is 0 Å². The van der Waals surface area contributed by atoms with E-state index in [1.165, 1.54) is 0 Å². The van der Waals surface area contributed by atoms with Crippen molar-refractivity contribution in [2.24, 2.45) is 0 Å². The molecule has 3 aromatic heterocycles. The van der Waals surface area contributed by atoms with Crippen molar-refractivity contribution >= 4 is 28.3 Å². The summed E-state index contributed by atoms with van der Waals surface area (Å²) < 4.78 is 7.72. The van der Waals surface area contributed by atoms with Gasteiger partial charge in [-0.15, -0.1) is 15.3 Å². The maximum absolute atomic E-state index is 12.9. The predicted octanol–water partition coefficient (Wildman–Crippen LogP) is 2.52. The Morgan fingerprint density at radius 3 is 2.69 bits per heavy atom.